The van der Waals surface area contributed by atoms with Crippen LogP contribution in [0.1, 0.15) is 89.7 Å². The van der Waals surface area contributed by atoms with Gasteiger partial charge in [-0.3, -0.25) is 0 Å². The first-order valence-electron chi connectivity index (χ1n) is 9.97. The van der Waals surface area contributed by atoms with Crippen molar-refractivity contribution in [2.75, 3.05) is 0 Å². The maximum atomic E-state index is 10.8. The van der Waals surface area contributed by atoms with E-state index >= 15 is 0 Å². The smallest absolute Gasteiger partial charge is 0.127 e. The SMILES string of the molecule is CCCCCCc1cc(O)c2c(c1)OC(C)(C)[C@@H]1CC[C@H](C)C[C@@H]21. The van der Waals surface area contributed by atoms with E-state index in [1.54, 1.807) is 0 Å². The Hall–Kier alpha value is -1.18. The van der Waals surface area contributed by atoms with Crippen molar-refractivity contribution < 1.29 is 9.84 Å². The maximum Gasteiger partial charge on any atom is 0.127 e. The van der Waals surface area contributed by atoms with Crippen LogP contribution in [0.4, 0.5) is 0 Å². The highest BCUT2D eigenvalue weighted by Gasteiger charge is 2.47. The van der Waals surface area contributed by atoms with Gasteiger partial charge >= 0.3 is 0 Å². The van der Waals surface area contributed by atoms with Gasteiger partial charge in [0, 0.05) is 11.5 Å². The lowest BCUT2D eigenvalue weighted by molar-refractivity contribution is -0.0145. The molecule has 1 N–H and O–H groups in total. The fourth-order valence-corrected chi connectivity index (χ4v) is 4.92. The number of fused-ring (bicyclic) bond motifs is 3. The van der Waals surface area contributed by atoms with Crippen molar-refractivity contribution in [2.45, 2.75) is 90.6 Å². The van der Waals surface area contributed by atoms with Crippen molar-refractivity contribution in [3.8, 4) is 11.5 Å². The summed E-state index contributed by atoms with van der Waals surface area (Å²) in [7, 11) is 0. The van der Waals surface area contributed by atoms with Crippen LogP contribution in [0.2, 0.25) is 0 Å². The Labute approximate surface area is 147 Å². The topological polar surface area (TPSA) is 29.5 Å². The number of aryl methyl sites for hydroxylation is 1. The lowest BCUT2D eigenvalue weighted by Crippen LogP contribution is -2.46. The molecule has 0 saturated heterocycles. The highest BCUT2D eigenvalue weighted by Crippen LogP contribution is 2.55. The predicted molar refractivity (Wildman–Crippen MR) is 99.9 cm³/mol. The van der Waals surface area contributed by atoms with Gasteiger partial charge < -0.3 is 9.84 Å². The number of aromatic hydroxyl groups is 1. The van der Waals surface area contributed by atoms with Gasteiger partial charge in [0.05, 0.1) is 0 Å². The van der Waals surface area contributed by atoms with Crippen LogP contribution in [-0.2, 0) is 6.42 Å². The quantitative estimate of drug-likeness (QED) is 0.651. The molecular weight excluding hydrogens is 296 g/mol. The third kappa shape index (κ3) is 3.43. The van der Waals surface area contributed by atoms with E-state index in [0.717, 1.165) is 23.7 Å². The van der Waals surface area contributed by atoms with E-state index in [1.165, 1.54) is 50.5 Å². The summed E-state index contributed by atoms with van der Waals surface area (Å²) < 4.78 is 6.41. The molecule has 1 aromatic rings. The fraction of sp³-hybridized carbons (Fsp3) is 0.727. The largest absolute Gasteiger partial charge is 0.508 e. The summed E-state index contributed by atoms with van der Waals surface area (Å²) in [5.74, 6) is 3.11. The molecule has 3 atom stereocenters. The Morgan fingerprint density at radius 3 is 2.71 bits per heavy atom. The molecule has 134 valence electrons. The van der Waals surface area contributed by atoms with Gasteiger partial charge in [0.1, 0.15) is 17.1 Å². The van der Waals surface area contributed by atoms with E-state index in [9.17, 15) is 5.11 Å². The van der Waals surface area contributed by atoms with Gasteiger partial charge in [0.25, 0.3) is 0 Å². The van der Waals surface area contributed by atoms with Crippen LogP contribution < -0.4 is 4.74 Å². The molecule has 1 aromatic carbocycles. The Morgan fingerprint density at radius 2 is 1.96 bits per heavy atom. The molecule has 1 heterocycles. The maximum absolute atomic E-state index is 10.8. The number of hydrogen-bond donors (Lipinski definition) is 1. The summed E-state index contributed by atoms with van der Waals surface area (Å²) >= 11 is 0. The molecule has 0 unspecified atom stereocenters. The van der Waals surface area contributed by atoms with Gasteiger partial charge in [0.15, 0.2) is 0 Å². The summed E-state index contributed by atoms with van der Waals surface area (Å²) in [6, 6.07) is 4.21. The highest BCUT2D eigenvalue weighted by atomic mass is 16.5. The number of ether oxygens (including phenoxy) is 1. The molecule has 0 aromatic heterocycles. The normalized spacial score (nSPS) is 27.9. The summed E-state index contributed by atoms with van der Waals surface area (Å²) in [5, 5.41) is 10.8. The summed E-state index contributed by atoms with van der Waals surface area (Å²) in [6.45, 7) is 9.04. The number of rotatable bonds is 5. The Morgan fingerprint density at radius 1 is 1.17 bits per heavy atom. The first kappa shape index (κ1) is 17.6. The molecule has 2 nitrogen and oxygen atoms in total. The minimum Gasteiger partial charge on any atom is -0.508 e. The second-order valence-electron chi connectivity index (χ2n) is 8.67. The van der Waals surface area contributed by atoms with Crippen LogP contribution in [0.3, 0.4) is 0 Å². The number of hydrogen-bond acceptors (Lipinski definition) is 2. The van der Waals surface area contributed by atoms with Gasteiger partial charge in [-0.2, -0.15) is 0 Å². The summed E-state index contributed by atoms with van der Waals surface area (Å²) in [6.07, 6.45) is 9.70. The van der Waals surface area contributed by atoms with Crippen LogP contribution in [0.15, 0.2) is 12.1 Å². The first-order chi connectivity index (χ1) is 11.4. The predicted octanol–water partition coefficient (Wildman–Crippen LogP) is 6.21. The van der Waals surface area contributed by atoms with Crippen molar-refractivity contribution in [3.05, 3.63) is 23.3 Å². The van der Waals surface area contributed by atoms with Crippen molar-refractivity contribution in [3.63, 3.8) is 0 Å². The van der Waals surface area contributed by atoms with Crippen LogP contribution in [0, 0.1) is 11.8 Å². The lowest BCUT2D eigenvalue weighted by atomic mass is 9.64. The first-order valence-corrected chi connectivity index (χ1v) is 9.97. The van der Waals surface area contributed by atoms with Crippen molar-refractivity contribution >= 4 is 0 Å². The molecule has 2 heteroatoms. The minimum absolute atomic E-state index is 0.134. The Bertz CT molecular complexity index is 576. The molecule has 1 saturated carbocycles. The number of benzene rings is 1. The van der Waals surface area contributed by atoms with Gasteiger partial charge in [-0.05, 0) is 69.1 Å². The standard InChI is InChI=1S/C22H34O2/c1-5-6-7-8-9-16-13-19(23)21-17-12-15(2)10-11-18(17)22(3,4)24-20(21)14-16/h13-15,17-18,23H,5-12H2,1-4H3/t15-,17+,18+/m0/s1. The van der Waals surface area contributed by atoms with Crippen LogP contribution >= 0.6 is 0 Å². The van der Waals surface area contributed by atoms with Crippen LogP contribution in [0.25, 0.3) is 0 Å². The lowest BCUT2D eigenvalue weighted by Gasteiger charge is -2.48. The van der Waals surface area contributed by atoms with Crippen molar-refractivity contribution in [2.24, 2.45) is 11.8 Å². The molecule has 2 aliphatic rings. The Kier molecular flexibility index (Phi) is 5.13. The average molecular weight is 331 g/mol. The molecule has 0 bridgehead atoms. The molecule has 3 rings (SSSR count). The summed E-state index contributed by atoms with van der Waals surface area (Å²) in [4.78, 5) is 0. The number of unbranched alkanes of at least 4 members (excludes halogenated alkanes) is 3. The Balaban J connectivity index is 1.87. The van der Waals surface area contributed by atoms with E-state index in [2.05, 4.69) is 33.8 Å². The summed E-state index contributed by atoms with van der Waals surface area (Å²) in [5.41, 5.74) is 2.18. The van der Waals surface area contributed by atoms with E-state index in [-0.39, 0.29) is 5.60 Å². The molecule has 1 aliphatic carbocycles. The molecule has 0 radical (unpaired) electrons. The second kappa shape index (κ2) is 6.98. The molecule has 24 heavy (non-hydrogen) atoms. The zero-order chi connectivity index (χ0) is 17.3. The molecule has 0 amide bonds. The van der Waals surface area contributed by atoms with Crippen LogP contribution in [0.5, 0.6) is 11.5 Å². The second-order valence-corrected chi connectivity index (χ2v) is 8.67. The third-order valence-corrected chi connectivity index (χ3v) is 6.25. The molecule has 1 fully saturated rings. The van der Waals surface area contributed by atoms with Crippen molar-refractivity contribution in [1.29, 1.82) is 0 Å². The van der Waals surface area contributed by atoms with Gasteiger partial charge in [-0.1, -0.05) is 39.5 Å². The van der Waals surface area contributed by atoms with E-state index in [1.807, 2.05) is 6.07 Å². The van der Waals surface area contributed by atoms with Crippen molar-refractivity contribution in [1.82, 2.24) is 0 Å². The monoisotopic (exact) mass is 330 g/mol. The molecular formula is C22H34O2. The molecule has 0 spiro atoms. The average Bonchev–Trinajstić information content (AvgIpc) is 2.50. The van der Waals surface area contributed by atoms with E-state index in [0.29, 0.717) is 17.6 Å². The number of phenols is 1. The van der Waals surface area contributed by atoms with Gasteiger partial charge in [0.2, 0.25) is 0 Å². The minimum atomic E-state index is -0.134. The fourth-order valence-electron chi connectivity index (χ4n) is 4.92. The number of phenolic OH excluding ortho intramolecular Hbond substituents is 1. The van der Waals surface area contributed by atoms with Gasteiger partial charge in [-0.15, -0.1) is 0 Å². The molecule has 1 aliphatic heterocycles. The highest BCUT2D eigenvalue weighted by molar-refractivity contribution is 5.52. The third-order valence-electron chi connectivity index (χ3n) is 6.25. The van der Waals surface area contributed by atoms with E-state index in [4.69, 9.17) is 4.74 Å². The van der Waals surface area contributed by atoms with E-state index < -0.39 is 0 Å². The zero-order valence-electron chi connectivity index (χ0n) is 15.9. The van der Waals surface area contributed by atoms with Gasteiger partial charge in [-0.25, -0.2) is 0 Å². The van der Waals surface area contributed by atoms with Crippen LogP contribution in [-0.4, -0.2) is 10.7 Å². The zero-order valence-corrected chi connectivity index (χ0v) is 15.9.